The molecule has 0 radical (unpaired) electrons. The molecule has 2 rings (SSSR count). The number of allylic oxidation sites excluding steroid dienone is 1. The molecule has 1 fully saturated rings. The first-order valence-corrected chi connectivity index (χ1v) is 10.8. The molecule has 0 aliphatic carbocycles. The highest BCUT2D eigenvalue weighted by molar-refractivity contribution is 8.26. The van der Waals surface area contributed by atoms with E-state index in [0.717, 1.165) is 30.8 Å². The number of nitrogens with two attached hydrogens (primary N) is 1. The lowest BCUT2D eigenvalue weighted by molar-refractivity contribution is 0.114. The number of halogens is 1. The van der Waals surface area contributed by atoms with Gasteiger partial charge in [0.1, 0.15) is 10.8 Å². The zero-order chi connectivity index (χ0) is 22.9. The van der Waals surface area contributed by atoms with Crippen molar-refractivity contribution in [1.29, 1.82) is 16.2 Å². The lowest BCUT2D eigenvalue weighted by Gasteiger charge is -2.49. The van der Waals surface area contributed by atoms with Gasteiger partial charge >= 0.3 is 0 Å². The second-order valence-corrected chi connectivity index (χ2v) is 10.3. The minimum atomic E-state index is -0.184. The van der Waals surface area contributed by atoms with Crippen LogP contribution in [-0.4, -0.2) is 50.6 Å². The fraction of sp³-hybridized carbons (Fsp3) is 0.476. The van der Waals surface area contributed by atoms with Crippen LogP contribution in [0.15, 0.2) is 18.3 Å². The van der Waals surface area contributed by atoms with Gasteiger partial charge in [-0.15, -0.1) is 0 Å². The summed E-state index contributed by atoms with van der Waals surface area (Å²) in [6, 6.07) is 3.13. The molecule has 1 heterocycles. The Morgan fingerprint density at radius 2 is 1.83 bits per heavy atom. The van der Waals surface area contributed by atoms with Crippen LogP contribution in [0.5, 0.6) is 5.75 Å². The Morgan fingerprint density at radius 3 is 2.30 bits per heavy atom. The van der Waals surface area contributed by atoms with Crippen molar-refractivity contribution in [3.8, 4) is 5.75 Å². The van der Waals surface area contributed by atoms with Crippen molar-refractivity contribution in [2.45, 2.75) is 57.7 Å². The molecule has 1 aliphatic heterocycles. The number of hydrogen-bond donors (Lipinski definition) is 6. The number of phenolic OH excluding ortho intramolecular Hbond substituents is 1. The van der Waals surface area contributed by atoms with E-state index in [9.17, 15) is 5.11 Å². The fourth-order valence-electron chi connectivity index (χ4n) is 4.14. The van der Waals surface area contributed by atoms with Crippen LogP contribution >= 0.6 is 23.4 Å². The average Bonchev–Trinajstić information content (AvgIpc) is 2.58. The Labute approximate surface area is 187 Å². The Kier molecular flexibility index (Phi) is 7.27. The van der Waals surface area contributed by atoms with Gasteiger partial charge in [-0.1, -0.05) is 11.6 Å². The minimum Gasteiger partial charge on any atom is -0.507 e. The molecular weight excluding hydrogens is 420 g/mol. The number of nitrogens with zero attached hydrogens (tertiary/aromatic N) is 1. The van der Waals surface area contributed by atoms with E-state index < -0.39 is 0 Å². The highest BCUT2D eigenvalue weighted by Crippen LogP contribution is 2.35. The largest absolute Gasteiger partial charge is 0.507 e. The molecular formula is C21H31ClN6OS. The van der Waals surface area contributed by atoms with E-state index in [1.807, 2.05) is 11.9 Å². The van der Waals surface area contributed by atoms with E-state index in [0.29, 0.717) is 11.1 Å². The second kappa shape index (κ2) is 8.99. The lowest BCUT2D eigenvalue weighted by atomic mass is 9.79. The summed E-state index contributed by atoms with van der Waals surface area (Å²) in [7, 11) is 1.87. The van der Waals surface area contributed by atoms with Crippen LogP contribution in [0, 0.1) is 16.2 Å². The van der Waals surface area contributed by atoms with Gasteiger partial charge in [0.15, 0.2) is 5.17 Å². The number of thioether (sulfide) groups is 1. The van der Waals surface area contributed by atoms with Gasteiger partial charge in [0.05, 0.1) is 10.6 Å². The molecule has 0 amide bonds. The molecule has 0 bridgehead atoms. The standard InChI is InChI=1S/C21H31ClN6OS/c1-20(2)8-14(9-21(3,4)27-20)28(5)19(26)30-18(25)17-15(22)6-12(7-16(17)29)13(10-23)11-24/h6-7,10-11,14,23,25-27,29H,8-9,24H2,1-5H3/b13-11+,23-10?,25-18?,26-19?. The highest BCUT2D eigenvalue weighted by atomic mass is 35.5. The van der Waals surface area contributed by atoms with Crippen molar-refractivity contribution < 1.29 is 5.11 Å². The van der Waals surface area contributed by atoms with Gasteiger partial charge in [-0.25, -0.2) is 0 Å². The number of phenols is 1. The van der Waals surface area contributed by atoms with Crippen molar-refractivity contribution in [3.05, 3.63) is 34.5 Å². The lowest BCUT2D eigenvalue weighted by Crippen LogP contribution is -2.62. The molecule has 1 saturated heterocycles. The van der Waals surface area contributed by atoms with Crippen LogP contribution in [0.2, 0.25) is 5.02 Å². The average molecular weight is 451 g/mol. The van der Waals surface area contributed by atoms with Gasteiger partial charge in [0.25, 0.3) is 0 Å². The van der Waals surface area contributed by atoms with Gasteiger partial charge in [0.2, 0.25) is 0 Å². The number of nitrogens with one attached hydrogen (secondary N) is 4. The van der Waals surface area contributed by atoms with Crippen molar-refractivity contribution in [2.75, 3.05) is 7.05 Å². The number of rotatable bonds is 4. The maximum absolute atomic E-state index is 10.4. The molecule has 9 heteroatoms. The summed E-state index contributed by atoms with van der Waals surface area (Å²) in [5.41, 5.74) is 6.44. The van der Waals surface area contributed by atoms with Crippen LogP contribution in [0.25, 0.3) is 5.57 Å². The summed E-state index contributed by atoms with van der Waals surface area (Å²) in [6.45, 7) is 8.63. The van der Waals surface area contributed by atoms with Gasteiger partial charge in [-0.3, -0.25) is 10.8 Å². The molecule has 0 aromatic heterocycles. The van der Waals surface area contributed by atoms with Crippen LogP contribution in [-0.2, 0) is 0 Å². The summed E-state index contributed by atoms with van der Waals surface area (Å²) in [4.78, 5) is 1.90. The third-order valence-corrected chi connectivity index (χ3v) is 6.39. The van der Waals surface area contributed by atoms with E-state index in [2.05, 4.69) is 33.0 Å². The van der Waals surface area contributed by atoms with Gasteiger partial charge in [-0.2, -0.15) is 0 Å². The Hall–Kier alpha value is -2.03. The molecule has 0 saturated carbocycles. The van der Waals surface area contributed by atoms with Crippen LogP contribution in [0.3, 0.4) is 0 Å². The molecule has 7 N–H and O–H groups in total. The van der Waals surface area contributed by atoms with Crippen molar-refractivity contribution in [2.24, 2.45) is 5.73 Å². The summed E-state index contributed by atoms with van der Waals surface area (Å²) in [6.07, 6.45) is 4.07. The third kappa shape index (κ3) is 5.56. The number of aromatic hydroxyl groups is 1. The number of amidine groups is 1. The molecule has 0 atom stereocenters. The molecule has 1 aromatic carbocycles. The van der Waals surface area contributed by atoms with E-state index in [1.165, 1.54) is 12.3 Å². The van der Waals surface area contributed by atoms with Crippen molar-refractivity contribution in [3.63, 3.8) is 0 Å². The smallest absolute Gasteiger partial charge is 0.162 e. The number of benzene rings is 1. The Morgan fingerprint density at radius 1 is 1.27 bits per heavy atom. The van der Waals surface area contributed by atoms with E-state index in [-0.39, 0.29) is 43.7 Å². The van der Waals surface area contributed by atoms with Crippen molar-refractivity contribution >= 4 is 45.4 Å². The van der Waals surface area contributed by atoms with E-state index >= 15 is 0 Å². The number of piperidine rings is 1. The van der Waals surface area contributed by atoms with Gasteiger partial charge in [-0.05, 0) is 70.0 Å². The highest BCUT2D eigenvalue weighted by Gasteiger charge is 2.39. The first-order chi connectivity index (χ1) is 13.8. The minimum absolute atomic E-state index is 0.0125. The topological polar surface area (TPSA) is 133 Å². The van der Waals surface area contributed by atoms with Crippen molar-refractivity contribution in [1.82, 2.24) is 10.2 Å². The third-order valence-electron chi connectivity index (χ3n) is 5.20. The monoisotopic (exact) mass is 450 g/mol. The van der Waals surface area contributed by atoms with E-state index in [4.69, 9.17) is 33.6 Å². The SMILES string of the molecule is CN(C(=N)SC(=N)c1c(O)cc(/C(C=N)=C/N)cc1Cl)C1CC(C)(C)NC(C)(C)C1. The predicted octanol–water partition coefficient (Wildman–Crippen LogP) is 4.23. The van der Waals surface area contributed by atoms with Crippen LogP contribution in [0.1, 0.15) is 51.7 Å². The molecule has 7 nitrogen and oxygen atoms in total. The summed E-state index contributed by atoms with van der Waals surface area (Å²) in [5.74, 6) is -0.184. The first kappa shape index (κ1) is 24.2. The van der Waals surface area contributed by atoms with Crippen LogP contribution in [0.4, 0.5) is 0 Å². The molecule has 1 aliphatic rings. The normalized spacial score (nSPS) is 18.7. The van der Waals surface area contributed by atoms with Crippen LogP contribution < -0.4 is 11.1 Å². The second-order valence-electron chi connectivity index (χ2n) is 8.92. The quantitative estimate of drug-likeness (QED) is 0.301. The molecule has 30 heavy (non-hydrogen) atoms. The first-order valence-electron chi connectivity index (χ1n) is 9.63. The summed E-state index contributed by atoms with van der Waals surface area (Å²) >= 11 is 7.28. The maximum Gasteiger partial charge on any atom is 0.162 e. The molecule has 164 valence electrons. The van der Waals surface area contributed by atoms with E-state index in [1.54, 1.807) is 6.07 Å². The molecule has 1 aromatic rings. The zero-order valence-corrected chi connectivity index (χ0v) is 19.6. The maximum atomic E-state index is 10.4. The summed E-state index contributed by atoms with van der Waals surface area (Å²) < 4.78 is 0. The zero-order valence-electron chi connectivity index (χ0n) is 18.1. The fourth-order valence-corrected chi connectivity index (χ4v) is 5.31. The summed E-state index contributed by atoms with van der Waals surface area (Å²) in [5, 5.41) is 38.8. The molecule has 0 unspecified atom stereocenters. The Balaban J connectivity index is 2.19. The Bertz CT molecular complexity index is 856. The van der Waals surface area contributed by atoms with Gasteiger partial charge < -0.3 is 26.5 Å². The van der Waals surface area contributed by atoms with Gasteiger partial charge in [0, 0.05) is 42.2 Å². The number of hydrogen-bond acceptors (Lipinski definition) is 7. The molecule has 0 spiro atoms. The predicted molar refractivity (Wildman–Crippen MR) is 128 cm³/mol.